The highest BCUT2D eigenvalue weighted by Crippen LogP contribution is 2.27. The molecule has 190 valence electrons. The average molecular weight is 562 g/mol. The van der Waals surface area contributed by atoms with Gasteiger partial charge in [-0.15, -0.1) is 0 Å². The molecular weight excluding hydrogens is 537 g/mol. The van der Waals surface area contributed by atoms with Gasteiger partial charge in [-0.3, -0.25) is 14.2 Å². The minimum atomic E-state index is -0.581. The van der Waals surface area contributed by atoms with E-state index >= 15 is 0 Å². The molecule has 2 aromatic carbocycles. The maximum Gasteiger partial charge on any atom is 0.338 e. The van der Waals surface area contributed by atoms with Crippen molar-refractivity contribution in [2.75, 3.05) is 14.2 Å². The lowest BCUT2D eigenvalue weighted by Crippen LogP contribution is -2.34. The van der Waals surface area contributed by atoms with Crippen LogP contribution < -0.4 is 21.1 Å². The van der Waals surface area contributed by atoms with Gasteiger partial charge in [0.2, 0.25) is 0 Å². The second-order valence-corrected chi connectivity index (χ2v) is 8.58. The second kappa shape index (κ2) is 11.8. The third-order valence-electron chi connectivity index (χ3n) is 5.36. The molecule has 0 spiro atoms. The van der Waals surface area contributed by atoms with E-state index in [0.717, 1.165) is 5.56 Å². The molecule has 0 saturated carbocycles. The summed E-state index contributed by atoms with van der Waals surface area (Å²) < 4.78 is 26.2. The molecule has 2 N–H and O–H groups in total. The van der Waals surface area contributed by atoms with E-state index in [-0.39, 0.29) is 28.9 Å². The zero-order chi connectivity index (χ0) is 26.4. The topological polar surface area (TPSA) is 108 Å². The van der Waals surface area contributed by atoms with Gasteiger partial charge in [0.25, 0.3) is 5.56 Å². The van der Waals surface area contributed by atoms with Crippen LogP contribution in [0.2, 0.25) is 0 Å². The number of methoxy groups -OCH3 is 1. The molecule has 2 amide bonds. The van der Waals surface area contributed by atoms with Crippen molar-refractivity contribution in [2.24, 2.45) is 0 Å². The largest absolute Gasteiger partial charge is 0.487 e. The van der Waals surface area contributed by atoms with Crippen molar-refractivity contribution in [2.45, 2.75) is 27.0 Å². The number of carbonyl (C=O) groups excluding carboxylic acids is 2. The fraction of sp³-hybridized carbons (Fsp3) is 0.240. The van der Waals surface area contributed by atoms with Crippen LogP contribution in [0.25, 0.3) is 5.69 Å². The van der Waals surface area contributed by atoms with Crippen molar-refractivity contribution < 1.29 is 28.3 Å². The number of benzene rings is 2. The predicted molar refractivity (Wildman–Crippen MR) is 134 cm³/mol. The van der Waals surface area contributed by atoms with E-state index in [4.69, 9.17) is 9.47 Å². The van der Waals surface area contributed by atoms with Crippen molar-refractivity contribution in [3.05, 3.63) is 91.1 Å². The monoisotopic (exact) mass is 561 g/mol. The molecule has 3 rings (SSSR count). The minimum Gasteiger partial charge on any atom is -0.487 e. The van der Waals surface area contributed by atoms with Crippen LogP contribution >= 0.6 is 15.9 Å². The van der Waals surface area contributed by atoms with Crippen LogP contribution in [-0.4, -0.2) is 30.8 Å². The number of aromatic nitrogens is 1. The van der Waals surface area contributed by atoms with Crippen LogP contribution in [-0.2, 0) is 22.7 Å². The van der Waals surface area contributed by atoms with Gasteiger partial charge in [-0.05, 0) is 70.7 Å². The van der Waals surface area contributed by atoms with Crippen molar-refractivity contribution >= 4 is 27.9 Å². The molecule has 1 aromatic heterocycles. The van der Waals surface area contributed by atoms with E-state index in [2.05, 4.69) is 31.6 Å². The van der Waals surface area contributed by atoms with Crippen LogP contribution in [0.3, 0.4) is 0 Å². The summed E-state index contributed by atoms with van der Waals surface area (Å²) in [7, 11) is 2.59. The number of nitrogens with one attached hydrogen (secondary N) is 2. The molecule has 36 heavy (non-hydrogen) atoms. The number of esters is 1. The lowest BCUT2D eigenvalue weighted by Gasteiger charge is -2.17. The molecule has 0 atom stereocenters. The minimum absolute atomic E-state index is 0.0154. The van der Waals surface area contributed by atoms with Crippen molar-refractivity contribution in [3.8, 4) is 11.4 Å². The Hall–Kier alpha value is -3.70. The van der Waals surface area contributed by atoms with E-state index < -0.39 is 17.8 Å². The average Bonchev–Trinajstić information content (AvgIpc) is 2.85. The molecule has 0 bridgehead atoms. The molecule has 1 heterocycles. The van der Waals surface area contributed by atoms with Gasteiger partial charge in [-0.1, -0.05) is 12.1 Å². The summed E-state index contributed by atoms with van der Waals surface area (Å²) in [6, 6.07) is 10.2. The third kappa shape index (κ3) is 6.10. The normalized spacial score (nSPS) is 10.6. The van der Waals surface area contributed by atoms with Gasteiger partial charge in [0.05, 0.1) is 25.5 Å². The van der Waals surface area contributed by atoms with Gasteiger partial charge in [-0.25, -0.2) is 19.5 Å². The van der Waals surface area contributed by atoms with Gasteiger partial charge < -0.3 is 14.8 Å². The third-order valence-corrected chi connectivity index (χ3v) is 6.09. The lowest BCUT2D eigenvalue weighted by atomic mass is 10.1. The Kier molecular flexibility index (Phi) is 8.83. The number of hydrogen-bond donors (Lipinski definition) is 2. The summed E-state index contributed by atoms with van der Waals surface area (Å²) in [4.78, 5) is 41.4. The lowest BCUT2D eigenvalue weighted by molar-refractivity contribution is 0.0600. The van der Waals surface area contributed by atoms with Crippen LogP contribution in [0.5, 0.6) is 5.75 Å². The highest BCUT2D eigenvalue weighted by Gasteiger charge is 2.17. The zero-order valence-corrected chi connectivity index (χ0v) is 21.7. The Labute approximate surface area is 215 Å². The summed E-state index contributed by atoms with van der Waals surface area (Å²) in [6.45, 7) is 3.62. The highest BCUT2D eigenvalue weighted by atomic mass is 79.9. The van der Waals surface area contributed by atoms with E-state index in [1.54, 1.807) is 37.3 Å². The number of pyridine rings is 1. The summed E-state index contributed by atoms with van der Waals surface area (Å²) in [6.07, 6.45) is 0. The Morgan fingerprint density at radius 2 is 1.81 bits per heavy atom. The number of amides is 2. The second-order valence-electron chi connectivity index (χ2n) is 7.79. The summed E-state index contributed by atoms with van der Waals surface area (Å²) in [5, 5.41) is 2.55. The first-order chi connectivity index (χ1) is 17.2. The molecular formula is C25H25BrFN3O6. The fourth-order valence-electron chi connectivity index (χ4n) is 3.54. The number of aryl methyl sites for hydroxylation is 2. The first-order valence-corrected chi connectivity index (χ1v) is 11.5. The number of hydroxylamine groups is 1. The predicted octanol–water partition coefficient (Wildman–Crippen LogP) is 4.08. The first kappa shape index (κ1) is 26.9. The Bertz CT molecular complexity index is 1360. The summed E-state index contributed by atoms with van der Waals surface area (Å²) in [5.41, 5.74) is 5.06. The molecule has 0 aliphatic heterocycles. The summed E-state index contributed by atoms with van der Waals surface area (Å²) in [5.74, 6) is -0.687. The number of carbonyl (C=O) groups is 2. The summed E-state index contributed by atoms with van der Waals surface area (Å²) >= 11 is 3.33. The highest BCUT2D eigenvalue weighted by molar-refractivity contribution is 9.10. The van der Waals surface area contributed by atoms with Crippen molar-refractivity contribution in [1.29, 1.82) is 0 Å². The number of rotatable bonds is 8. The molecule has 0 saturated heterocycles. The van der Waals surface area contributed by atoms with E-state index in [0.29, 0.717) is 28.1 Å². The van der Waals surface area contributed by atoms with Gasteiger partial charge in [0.1, 0.15) is 22.6 Å². The van der Waals surface area contributed by atoms with Crippen LogP contribution in [0.4, 0.5) is 9.18 Å². The smallest absolute Gasteiger partial charge is 0.338 e. The van der Waals surface area contributed by atoms with Gasteiger partial charge in [0.15, 0.2) is 0 Å². The van der Waals surface area contributed by atoms with E-state index in [9.17, 15) is 18.8 Å². The molecule has 0 aliphatic carbocycles. The van der Waals surface area contributed by atoms with Crippen LogP contribution in [0.1, 0.15) is 32.7 Å². The maximum atomic E-state index is 13.8. The van der Waals surface area contributed by atoms with Crippen LogP contribution in [0.15, 0.2) is 51.7 Å². The van der Waals surface area contributed by atoms with Gasteiger partial charge in [-0.2, -0.15) is 0 Å². The molecule has 0 unspecified atom stereocenters. The van der Waals surface area contributed by atoms with Gasteiger partial charge >= 0.3 is 12.0 Å². The quantitative estimate of drug-likeness (QED) is 0.317. The number of urea groups is 1. The number of nitrogens with zero attached hydrogens (tertiary/aromatic N) is 1. The molecule has 0 radical (unpaired) electrons. The number of ether oxygens (including phenoxy) is 2. The number of halogens is 2. The van der Waals surface area contributed by atoms with Crippen LogP contribution in [0, 0.1) is 19.7 Å². The maximum absolute atomic E-state index is 13.8. The van der Waals surface area contributed by atoms with Crippen molar-refractivity contribution in [3.63, 3.8) is 0 Å². The van der Waals surface area contributed by atoms with E-state index in [1.807, 2.05) is 6.92 Å². The molecule has 0 aliphatic rings. The standard InChI is InChI=1S/C25H25BrFN3O6/c1-14-5-6-16(24(32)34-3)11-20(14)30-15(2)9-21(22(26)23(30)31)36-13-17-7-8-19(27)10-18(17)12-28-25(33)29-35-4/h5-11H,12-13H2,1-4H3,(H2,28,29,33). The SMILES string of the molecule is CONC(=O)NCc1cc(F)ccc1COc1cc(C)n(-c2cc(C(=O)OC)ccc2C)c(=O)c1Br. The molecule has 11 heteroatoms. The Morgan fingerprint density at radius 3 is 2.50 bits per heavy atom. The number of hydrogen-bond acceptors (Lipinski definition) is 6. The first-order valence-electron chi connectivity index (χ1n) is 10.7. The van der Waals surface area contributed by atoms with E-state index in [1.165, 1.54) is 30.9 Å². The molecule has 9 nitrogen and oxygen atoms in total. The fourth-order valence-corrected chi connectivity index (χ4v) is 3.95. The zero-order valence-electron chi connectivity index (χ0n) is 20.1. The Balaban J connectivity index is 1.89. The molecule has 3 aromatic rings. The van der Waals surface area contributed by atoms with Gasteiger partial charge in [0, 0.05) is 18.3 Å². The van der Waals surface area contributed by atoms with Crippen molar-refractivity contribution in [1.82, 2.24) is 15.4 Å². The molecule has 0 fully saturated rings. The Morgan fingerprint density at radius 1 is 1.06 bits per heavy atom.